The second kappa shape index (κ2) is 5.16. The van der Waals surface area contributed by atoms with Crippen molar-refractivity contribution < 1.29 is 14.6 Å². The van der Waals surface area contributed by atoms with Crippen LogP contribution in [0, 0.1) is 0 Å². The molecule has 2 unspecified atom stereocenters. The van der Waals surface area contributed by atoms with Crippen LogP contribution in [0.25, 0.3) is 0 Å². The lowest BCUT2D eigenvalue weighted by Crippen LogP contribution is -2.49. The molecule has 3 rings (SSSR count). The van der Waals surface area contributed by atoms with Crippen LogP contribution < -0.4 is 14.8 Å². The van der Waals surface area contributed by atoms with Crippen LogP contribution >= 0.6 is 0 Å². The topological polar surface area (TPSA) is 50.7 Å². The highest BCUT2D eigenvalue weighted by Gasteiger charge is 2.32. The van der Waals surface area contributed by atoms with Gasteiger partial charge in [0.25, 0.3) is 0 Å². The Balaban J connectivity index is 1.68. The zero-order valence-electron chi connectivity index (χ0n) is 10.3. The van der Waals surface area contributed by atoms with Gasteiger partial charge in [0.2, 0.25) is 0 Å². The number of hydrogen-bond donors (Lipinski definition) is 2. The van der Waals surface area contributed by atoms with Gasteiger partial charge in [-0.3, -0.25) is 0 Å². The van der Waals surface area contributed by atoms with E-state index in [1.54, 1.807) is 0 Å². The molecule has 1 aromatic carbocycles. The summed E-state index contributed by atoms with van der Waals surface area (Å²) >= 11 is 0. The van der Waals surface area contributed by atoms with Gasteiger partial charge >= 0.3 is 0 Å². The van der Waals surface area contributed by atoms with Crippen molar-refractivity contribution in [3.05, 3.63) is 24.3 Å². The molecule has 0 aromatic heterocycles. The van der Waals surface area contributed by atoms with Gasteiger partial charge in [0, 0.05) is 18.7 Å². The number of aliphatic hydroxyl groups is 1. The van der Waals surface area contributed by atoms with Crippen molar-refractivity contribution in [3.63, 3.8) is 0 Å². The first-order valence-corrected chi connectivity index (χ1v) is 6.62. The van der Waals surface area contributed by atoms with Crippen molar-refractivity contribution in [2.24, 2.45) is 0 Å². The molecule has 4 heteroatoms. The molecule has 0 spiro atoms. The van der Waals surface area contributed by atoms with E-state index >= 15 is 0 Å². The first-order valence-electron chi connectivity index (χ1n) is 6.62. The first-order chi connectivity index (χ1) is 8.86. The summed E-state index contributed by atoms with van der Waals surface area (Å²) in [5.74, 6) is 1.61. The summed E-state index contributed by atoms with van der Waals surface area (Å²) in [4.78, 5) is 0. The number of rotatable bonds is 5. The van der Waals surface area contributed by atoms with Crippen LogP contribution in [0.15, 0.2) is 24.3 Å². The normalized spacial score (nSPS) is 23.7. The summed E-state index contributed by atoms with van der Waals surface area (Å²) in [5, 5.41) is 12.7. The molecule has 2 atom stereocenters. The van der Waals surface area contributed by atoms with Gasteiger partial charge in [0.1, 0.15) is 12.7 Å². The van der Waals surface area contributed by atoms with Crippen molar-refractivity contribution in [1.29, 1.82) is 0 Å². The van der Waals surface area contributed by atoms with E-state index in [4.69, 9.17) is 14.6 Å². The number of ether oxygens (including phenoxy) is 2. The molecule has 0 radical (unpaired) electrons. The Kier molecular flexibility index (Phi) is 3.39. The molecule has 1 aliphatic heterocycles. The zero-order valence-corrected chi connectivity index (χ0v) is 10.3. The van der Waals surface area contributed by atoms with Crippen molar-refractivity contribution in [3.8, 4) is 11.5 Å². The van der Waals surface area contributed by atoms with Crippen LogP contribution in [-0.4, -0.2) is 36.5 Å². The minimum Gasteiger partial charge on any atom is -0.486 e. The van der Waals surface area contributed by atoms with Crippen LogP contribution in [0.4, 0.5) is 0 Å². The minimum atomic E-state index is -0.0207. The van der Waals surface area contributed by atoms with Gasteiger partial charge in [0.15, 0.2) is 11.5 Å². The summed E-state index contributed by atoms with van der Waals surface area (Å²) in [6.07, 6.45) is 3.14. The molecule has 1 aliphatic carbocycles. The molecule has 98 valence electrons. The Bertz CT molecular complexity index is 406. The molecule has 18 heavy (non-hydrogen) atoms. The van der Waals surface area contributed by atoms with E-state index in [0.29, 0.717) is 19.1 Å². The molecule has 1 saturated carbocycles. The fourth-order valence-electron chi connectivity index (χ4n) is 2.30. The van der Waals surface area contributed by atoms with E-state index in [-0.39, 0.29) is 18.8 Å². The Morgan fingerprint density at radius 3 is 2.78 bits per heavy atom. The average molecular weight is 249 g/mol. The predicted octanol–water partition coefficient (Wildman–Crippen LogP) is 1.33. The van der Waals surface area contributed by atoms with Gasteiger partial charge in [0.05, 0.1) is 0 Å². The van der Waals surface area contributed by atoms with Gasteiger partial charge in [-0.25, -0.2) is 0 Å². The molecule has 0 bridgehead atoms. The SMILES string of the molecule is OCCC(NC1CC1)C1COc2ccccc2O1. The van der Waals surface area contributed by atoms with E-state index in [0.717, 1.165) is 11.5 Å². The lowest BCUT2D eigenvalue weighted by atomic mass is 10.1. The van der Waals surface area contributed by atoms with Crippen molar-refractivity contribution in [2.45, 2.75) is 37.5 Å². The number of para-hydroxylation sites is 2. The maximum atomic E-state index is 9.16. The Hall–Kier alpha value is -1.26. The number of aliphatic hydroxyl groups excluding tert-OH is 1. The van der Waals surface area contributed by atoms with Gasteiger partial charge in [-0.05, 0) is 31.4 Å². The van der Waals surface area contributed by atoms with E-state index in [1.165, 1.54) is 12.8 Å². The molecular weight excluding hydrogens is 230 g/mol. The van der Waals surface area contributed by atoms with E-state index in [2.05, 4.69) is 5.32 Å². The highest BCUT2D eigenvalue weighted by molar-refractivity contribution is 5.40. The van der Waals surface area contributed by atoms with Gasteiger partial charge in [-0.2, -0.15) is 0 Å². The third-order valence-corrected chi connectivity index (χ3v) is 3.45. The number of fused-ring (bicyclic) bond motifs is 1. The standard InChI is InChI=1S/C14H19NO3/c16-8-7-11(15-10-5-6-10)14-9-17-12-3-1-2-4-13(12)18-14/h1-4,10-11,14-16H,5-9H2. The molecule has 0 saturated heterocycles. The quantitative estimate of drug-likeness (QED) is 0.826. The van der Waals surface area contributed by atoms with Crippen molar-refractivity contribution in [1.82, 2.24) is 5.32 Å². The van der Waals surface area contributed by atoms with Crippen LogP contribution in [0.2, 0.25) is 0 Å². The molecule has 2 aliphatic rings. The molecule has 1 heterocycles. The molecule has 2 N–H and O–H groups in total. The summed E-state index contributed by atoms with van der Waals surface area (Å²) in [7, 11) is 0. The van der Waals surface area contributed by atoms with E-state index < -0.39 is 0 Å². The van der Waals surface area contributed by atoms with Gasteiger partial charge in [-0.1, -0.05) is 12.1 Å². The summed E-state index contributed by atoms with van der Waals surface area (Å²) in [6.45, 7) is 0.716. The highest BCUT2D eigenvalue weighted by Crippen LogP contribution is 2.32. The number of nitrogens with one attached hydrogen (secondary N) is 1. The number of hydrogen-bond acceptors (Lipinski definition) is 4. The van der Waals surface area contributed by atoms with Crippen LogP contribution in [0.5, 0.6) is 11.5 Å². The number of benzene rings is 1. The Morgan fingerprint density at radius 1 is 1.28 bits per heavy atom. The molecule has 1 fully saturated rings. The second-order valence-electron chi connectivity index (χ2n) is 4.97. The maximum Gasteiger partial charge on any atom is 0.161 e. The van der Waals surface area contributed by atoms with Crippen LogP contribution in [0.3, 0.4) is 0 Å². The molecule has 4 nitrogen and oxygen atoms in total. The third-order valence-electron chi connectivity index (χ3n) is 3.45. The molecule has 1 aromatic rings. The van der Waals surface area contributed by atoms with Crippen molar-refractivity contribution in [2.75, 3.05) is 13.2 Å². The van der Waals surface area contributed by atoms with E-state index in [1.807, 2.05) is 24.3 Å². The summed E-state index contributed by atoms with van der Waals surface area (Å²) in [6, 6.07) is 8.49. The van der Waals surface area contributed by atoms with Crippen molar-refractivity contribution >= 4 is 0 Å². The van der Waals surface area contributed by atoms with Gasteiger partial charge in [-0.15, -0.1) is 0 Å². The van der Waals surface area contributed by atoms with Crippen LogP contribution in [0.1, 0.15) is 19.3 Å². The summed E-state index contributed by atoms with van der Waals surface area (Å²) in [5.41, 5.74) is 0. The lowest BCUT2D eigenvalue weighted by molar-refractivity contribution is 0.0533. The van der Waals surface area contributed by atoms with E-state index in [9.17, 15) is 0 Å². The third kappa shape index (κ3) is 2.60. The largest absolute Gasteiger partial charge is 0.486 e. The maximum absolute atomic E-state index is 9.16. The predicted molar refractivity (Wildman–Crippen MR) is 68.0 cm³/mol. The van der Waals surface area contributed by atoms with Crippen LogP contribution in [-0.2, 0) is 0 Å². The molecular formula is C14H19NO3. The fourth-order valence-corrected chi connectivity index (χ4v) is 2.30. The smallest absolute Gasteiger partial charge is 0.161 e. The first kappa shape index (κ1) is 11.8. The second-order valence-corrected chi connectivity index (χ2v) is 4.97. The monoisotopic (exact) mass is 249 g/mol. The minimum absolute atomic E-state index is 0.0207. The summed E-state index contributed by atoms with van der Waals surface area (Å²) < 4.78 is 11.7. The lowest BCUT2D eigenvalue weighted by Gasteiger charge is -2.32. The average Bonchev–Trinajstić information content (AvgIpc) is 3.22. The van der Waals surface area contributed by atoms with Gasteiger partial charge < -0.3 is 19.9 Å². The Morgan fingerprint density at radius 2 is 2.06 bits per heavy atom. The fraction of sp³-hybridized carbons (Fsp3) is 0.571. The Labute approximate surface area is 107 Å². The highest BCUT2D eigenvalue weighted by atomic mass is 16.6. The molecule has 0 amide bonds. The zero-order chi connectivity index (χ0) is 12.4.